The van der Waals surface area contributed by atoms with Gasteiger partial charge in [-0.1, -0.05) is 17.7 Å². The van der Waals surface area contributed by atoms with Gasteiger partial charge in [0.25, 0.3) is 0 Å². The first-order chi connectivity index (χ1) is 8.62. The minimum Gasteiger partial charge on any atom is -0.393 e. The van der Waals surface area contributed by atoms with E-state index < -0.39 is 0 Å². The lowest BCUT2D eigenvalue weighted by molar-refractivity contribution is 0.0521. The number of aliphatic hydroxyl groups is 1. The molecular formula is C14H17ClFNO. The molecule has 0 spiro atoms. The van der Waals surface area contributed by atoms with E-state index in [2.05, 4.69) is 4.90 Å². The molecule has 1 aromatic rings. The zero-order chi connectivity index (χ0) is 12.8. The summed E-state index contributed by atoms with van der Waals surface area (Å²) in [6.07, 6.45) is 3.61. The van der Waals surface area contributed by atoms with Crippen molar-refractivity contribution in [2.45, 2.75) is 37.3 Å². The van der Waals surface area contributed by atoms with Crippen LogP contribution in [-0.2, 0) is 5.54 Å². The fourth-order valence-corrected chi connectivity index (χ4v) is 3.10. The maximum absolute atomic E-state index is 13.6. The van der Waals surface area contributed by atoms with Crippen LogP contribution in [0.1, 0.15) is 31.2 Å². The standard InChI is InChI=1S/C14H17ClFNO/c15-12-2-1-10(9-13(12)16)14(5-6-14)17-7-3-11(18)4-8-17/h1-2,9,11,18H,3-8H2. The molecule has 2 aliphatic rings. The van der Waals surface area contributed by atoms with Crippen molar-refractivity contribution in [3.8, 4) is 0 Å². The van der Waals surface area contributed by atoms with Gasteiger partial charge in [0.05, 0.1) is 11.1 Å². The highest BCUT2D eigenvalue weighted by atomic mass is 35.5. The van der Waals surface area contributed by atoms with Crippen LogP contribution in [0.2, 0.25) is 5.02 Å². The van der Waals surface area contributed by atoms with Gasteiger partial charge in [-0.2, -0.15) is 0 Å². The summed E-state index contributed by atoms with van der Waals surface area (Å²) in [5.74, 6) is -0.336. The Morgan fingerprint density at radius 2 is 1.94 bits per heavy atom. The molecule has 2 fully saturated rings. The second-order valence-electron chi connectivity index (χ2n) is 5.38. The molecule has 1 aliphatic heterocycles. The Balaban J connectivity index is 1.84. The first kappa shape index (κ1) is 12.4. The van der Waals surface area contributed by atoms with Crippen LogP contribution in [0.15, 0.2) is 18.2 Å². The Kier molecular flexibility index (Phi) is 3.08. The van der Waals surface area contributed by atoms with E-state index in [-0.39, 0.29) is 22.5 Å². The third-order valence-electron chi connectivity index (χ3n) is 4.25. The summed E-state index contributed by atoms with van der Waals surface area (Å²) in [5.41, 5.74) is 1.03. The van der Waals surface area contributed by atoms with E-state index in [1.165, 1.54) is 0 Å². The number of benzene rings is 1. The molecule has 0 amide bonds. The smallest absolute Gasteiger partial charge is 0.142 e. The summed E-state index contributed by atoms with van der Waals surface area (Å²) in [6, 6.07) is 5.15. The monoisotopic (exact) mass is 269 g/mol. The van der Waals surface area contributed by atoms with Crippen molar-refractivity contribution in [1.29, 1.82) is 0 Å². The minimum atomic E-state index is -0.336. The van der Waals surface area contributed by atoms with E-state index in [1.54, 1.807) is 12.1 Å². The molecule has 18 heavy (non-hydrogen) atoms. The van der Waals surface area contributed by atoms with E-state index in [0.29, 0.717) is 0 Å². The molecule has 3 rings (SSSR count). The summed E-state index contributed by atoms with van der Waals surface area (Å²) in [5, 5.41) is 9.74. The van der Waals surface area contributed by atoms with Gasteiger partial charge in [0, 0.05) is 18.6 Å². The second-order valence-corrected chi connectivity index (χ2v) is 5.79. The normalized spacial score (nSPS) is 24.2. The first-order valence-electron chi connectivity index (χ1n) is 6.50. The molecule has 1 saturated heterocycles. The average Bonchev–Trinajstić information content (AvgIpc) is 3.15. The molecule has 2 nitrogen and oxygen atoms in total. The number of rotatable bonds is 2. The number of likely N-dealkylation sites (tertiary alicyclic amines) is 1. The summed E-state index contributed by atoms with van der Waals surface area (Å²) in [4.78, 5) is 2.39. The lowest BCUT2D eigenvalue weighted by atomic mass is 9.98. The molecule has 1 aromatic carbocycles. The molecule has 0 bridgehead atoms. The van der Waals surface area contributed by atoms with Crippen LogP contribution in [0.4, 0.5) is 4.39 Å². The van der Waals surface area contributed by atoms with E-state index in [0.717, 1.165) is 44.3 Å². The number of hydrogen-bond acceptors (Lipinski definition) is 2. The predicted molar refractivity (Wildman–Crippen MR) is 69.1 cm³/mol. The molecule has 0 aromatic heterocycles. The van der Waals surface area contributed by atoms with Gasteiger partial charge in [-0.05, 0) is 43.4 Å². The van der Waals surface area contributed by atoms with Crippen LogP contribution < -0.4 is 0 Å². The molecular weight excluding hydrogens is 253 g/mol. The SMILES string of the molecule is OC1CCN(C2(c3ccc(Cl)c(F)c3)CC2)CC1. The van der Waals surface area contributed by atoms with Crippen molar-refractivity contribution in [2.24, 2.45) is 0 Å². The van der Waals surface area contributed by atoms with Crippen LogP contribution in [0, 0.1) is 5.82 Å². The van der Waals surface area contributed by atoms with Crippen LogP contribution >= 0.6 is 11.6 Å². The van der Waals surface area contributed by atoms with Crippen molar-refractivity contribution in [2.75, 3.05) is 13.1 Å². The van der Waals surface area contributed by atoms with Gasteiger partial charge in [-0.15, -0.1) is 0 Å². The Morgan fingerprint density at radius 3 is 2.50 bits per heavy atom. The Labute approximate surface area is 111 Å². The van der Waals surface area contributed by atoms with Gasteiger partial charge < -0.3 is 5.11 Å². The number of hydrogen-bond donors (Lipinski definition) is 1. The minimum absolute atomic E-state index is 0.00552. The van der Waals surface area contributed by atoms with E-state index in [9.17, 15) is 9.50 Å². The van der Waals surface area contributed by atoms with Gasteiger partial charge in [0.15, 0.2) is 0 Å². The third-order valence-corrected chi connectivity index (χ3v) is 4.56. The van der Waals surface area contributed by atoms with Gasteiger partial charge in [0.2, 0.25) is 0 Å². The number of halogens is 2. The molecule has 1 saturated carbocycles. The average molecular weight is 270 g/mol. The van der Waals surface area contributed by atoms with Crippen molar-refractivity contribution < 1.29 is 9.50 Å². The van der Waals surface area contributed by atoms with Gasteiger partial charge in [-0.25, -0.2) is 4.39 Å². The summed E-state index contributed by atoms with van der Waals surface area (Å²) in [6.45, 7) is 1.79. The highest BCUT2D eigenvalue weighted by molar-refractivity contribution is 6.30. The lowest BCUT2D eigenvalue weighted by Gasteiger charge is -2.37. The summed E-state index contributed by atoms with van der Waals surface area (Å²) < 4.78 is 13.6. The zero-order valence-electron chi connectivity index (χ0n) is 10.2. The molecule has 1 N–H and O–H groups in total. The highest BCUT2D eigenvalue weighted by Crippen LogP contribution is 2.52. The van der Waals surface area contributed by atoms with Crippen molar-refractivity contribution in [3.05, 3.63) is 34.6 Å². The zero-order valence-corrected chi connectivity index (χ0v) is 11.0. The van der Waals surface area contributed by atoms with E-state index in [1.807, 2.05) is 6.07 Å². The second kappa shape index (κ2) is 4.48. The fourth-order valence-electron chi connectivity index (χ4n) is 2.99. The Morgan fingerprint density at radius 1 is 1.28 bits per heavy atom. The number of aliphatic hydroxyl groups excluding tert-OH is 1. The van der Waals surface area contributed by atoms with Crippen LogP contribution in [0.3, 0.4) is 0 Å². The maximum atomic E-state index is 13.6. The highest BCUT2D eigenvalue weighted by Gasteiger charge is 2.50. The molecule has 1 aliphatic carbocycles. The topological polar surface area (TPSA) is 23.5 Å². The van der Waals surface area contributed by atoms with E-state index in [4.69, 9.17) is 11.6 Å². The van der Waals surface area contributed by atoms with Crippen LogP contribution in [-0.4, -0.2) is 29.2 Å². The lowest BCUT2D eigenvalue weighted by Crippen LogP contribution is -2.43. The predicted octanol–water partition coefficient (Wildman–Crippen LogP) is 2.92. The van der Waals surface area contributed by atoms with Crippen LogP contribution in [0.5, 0.6) is 0 Å². The van der Waals surface area contributed by atoms with Crippen molar-refractivity contribution in [1.82, 2.24) is 4.90 Å². The quantitative estimate of drug-likeness (QED) is 0.892. The molecule has 0 atom stereocenters. The fraction of sp³-hybridized carbons (Fsp3) is 0.571. The van der Waals surface area contributed by atoms with Crippen molar-refractivity contribution in [3.63, 3.8) is 0 Å². The molecule has 1 heterocycles. The van der Waals surface area contributed by atoms with Gasteiger partial charge in [-0.3, -0.25) is 4.90 Å². The first-order valence-corrected chi connectivity index (χ1v) is 6.88. The Bertz CT molecular complexity index is 453. The van der Waals surface area contributed by atoms with E-state index >= 15 is 0 Å². The summed E-state index contributed by atoms with van der Waals surface area (Å²) in [7, 11) is 0. The van der Waals surface area contributed by atoms with Crippen LogP contribution in [0.25, 0.3) is 0 Å². The summed E-state index contributed by atoms with van der Waals surface area (Å²) >= 11 is 5.73. The van der Waals surface area contributed by atoms with Gasteiger partial charge >= 0.3 is 0 Å². The third kappa shape index (κ3) is 2.04. The molecule has 4 heteroatoms. The molecule has 98 valence electrons. The number of piperidine rings is 1. The molecule has 0 unspecified atom stereocenters. The van der Waals surface area contributed by atoms with Crippen molar-refractivity contribution >= 4 is 11.6 Å². The Hall–Kier alpha value is -0.640. The number of nitrogens with zero attached hydrogens (tertiary/aromatic N) is 1. The molecule has 0 radical (unpaired) electrons. The maximum Gasteiger partial charge on any atom is 0.142 e. The van der Waals surface area contributed by atoms with Gasteiger partial charge in [0.1, 0.15) is 5.82 Å². The largest absolute Gasteiger partial charge is 0.393 e.